The fraction of sp³-hybridized carbons (Fsp3) is 0.579. The molecule has 0 amide bonds. The molecule has 1 heterocycles. The number of halogens is 1. The summed E-state index contributed by atoms with van der Waals surface area (Å²) >= 11 is 0. The third-order valence-corrected chi connectivity index (χ3v) is 4.64. The van der Waals surface area contributed by atoms with Crippen LogP contribution in [0.25, 0.3) is 0 Å². The lowest BCUT2D eigenvalue weighted by Gasteiger charge is -2.35. The summed E-state index contributed by atoms with van der Waals surface area (Å²) in [5, 5.41) is 18.5. The van der Waals surface area contributed by atoms with Crippen molar-refractivity contribution in [2.24, 2.45) is 10.1 Å². The number of hydrogen-bond donors (Lipinski definition) is 2. The summed E-state index contributed by atoms with van der Waals surface area (Å²) < 4.78 is 19.6. The molecule has 3 atom stereocenters. The molecule has 0 radical (unpaired) electrons. The van der Waals surface area contributed by atoms with Gasteiger partial charge in [0.1, 0.15) is 17.8 Å². The number of aliphatic hydroxyl groups is 1. The first-order chi connectivity index (χ1) is 13.0. The molecule has 1 fully saturated rings. The largest absolute Gasteiger partial charge is 0.394 e. The second kappa shape index (κ2) is 10.3. The monoisotopic (exact) mass is 379 g/mol. The van der Waals surface area contributed by atoms with Crippen LogP contribution in [0.4, 0.5) is 4.39 Å². The minimum atomic E-state index is -0.156. The van der Waals surface area contributed by atoms with Gasteiger partial charge >= 0.3 is 0 Å². The van der Waals surface area contributed by atoms with Gasteiger partial charge in [-0.25, -0.2) is 9.38 Å². The molecule has 0 aromatic heterocycles. The molecule has 27 heavy (non-hydrogen) atoms. The highest BCUT2D eigenvalue weighted by molar-refractivity contribution is 5.53. The molecule has 2 aliphatic rings. The van der Waals surface area contributed by atoms with Crippen LogP contribution in [-0.2, 0) is 4.74 Å². The van der Waals surface area contributed by atoms with E-state index in [4.69, 9.17) is 4.74 Å². The van der Waals surface area contributed by atoms with Crippen molar-refractivity contribution in [1.82, 2.24) is 15.2 Å². The van der Waals surface area contributed by atoms with Crippen molar-refractivity contribution in [3.8, 4) is 0 Å². The van der Waals surface area contributed by atoms with Gasteiger partial charge in [0.05, 0.1) is 24.9 Å². The molecule has 7 nitrogen and oxygen atoms in total. The Hall–Kier alpha value is -2.03. The average molecular weight is 379 g/mol. The fourth-order valence-corrected chi connectivity index (χ4v) is 3.11. The molecular weight excluding hydrogens is 349 g/mol. The molecule has 0 bridgehead atoms. The third-order valence-electron chi connectivity index (χ3n) is 4.64. The normalized spacial score (nSPS) is 25.4. The zero-order valence-electron chi connectivity index (χ0n) is 16.3. The zero-order chi connectivity index (χ0) is 19.8. The van der Waals surface area contributed by atoms with Crippen LogP contribution in [0, 0.1) is 0 Å². The Labute approximate surface area is 160 Å². The number of epoxide rings is 1. The van der Waals surface area contributed by atoms with Crippen molar-refractivity contribution >= 4 is 12.9 Å². The van der Waals surface area contributed by atoms with Crippen molar-refractivity contribution in [1.29, 1.82) is 0 Å². The lowest BCUT2D eigenvalue weighted by atomic mass is 10.0. The van der Waals surface area contributed by atoms with Crippen LogP contribution in [0.2, 0.25) is 0 Å². The molecule has 0 aromatic carbocycles. The maximum Gasteiger partial charge on any atom is 0.156 e. The van der Waals surface area contributed by atoms with E-state index in [1.165, 1.54) is 6.08 Å². The summed E-state index contributed by atoms with van der Waals surface area (Å²) in [6.07, 6.45) is 7.88. The van der Waals surface area contributed by atoms with Gasteiger partial charge in [0.2, 0.25) is 0 Å². The van der Waals surface area contributed by atoms with Crippen LogP contribution in [0.1, 0.15) is 26.7 Å². The van der Waals surface area contributed by atoms with E-state index in [2.05, 4.69) is 27.0 Å². The topological polar surface area (TPSA) is 76.0 Å². The van der Waals surface area contributed by atoms with Gasteiger partial charge in [-0.05, 0) is 52.3 Å². The van der Waals surface area contributed by atoms with Crippen molar-refractivity contribution in [3.63, 3.8) is 0 Å². The maximum atomic E-state index is 13.9. The third kappa shape index (κ3) is 5.98. The Morgan fingerprint density at radius 2 is 2.22 bits per heavy atom. The second-order valence-electron chi connectivity index (χ2n) is 6.49. The highest BCUT2D eigenvalue weighted by Crippen LogP contribution is 2.29. The quantitative estimate of drug-likeness (QED) is 0.326. The first-order valence-corrected chi connectivity index (χ1v) is 9.22. The maximum absolute atomic E-state index is 13.9. The number of hydrogen-bond acceptors (Lipinski definition) is 7. The summed E-state index contributed by atoms with van der Waals surface area (Å²) in [6.45, 7) is 8.30. The Bertz CT molecular complexity index is 632. The highest BCUT2D eigenvalue weighted by Gasteiger charge is 2.39. The fourth-order valence-electron chi connectivity index (χ4n) is 3.11. The van der Waals surface area contributed by atoms with Crippen LogP contribution >= 0.6 is 0 Å². The van der Waals surface area contributed by atoms with Crippen LogP contribution in [0.15, 0.2) is 45.7 Å². The van der Waals surface area contributed by atoms with E-state index >= 15 is 0 Å². The Kier molecular flexibility index (Phi) is 8.15. The van der Waals surface area contributed by atoms with Crippen LogP contribution < -0.4 is 5.32 Å². The lowest BCUT2D eigenvalue weighted by molar-refractivity contribution is 0.176. The first-order valence-electron chi connectivity index (χ1n) is 9.22. The predicted octanol–water partition coefficient (Wildman–Crippen LogP) is 1.99. The predicted molar refractivity (Wildman–Crippen MR) is 106 cm³/mol. The van der Waals surface area contributed by atoms with Gasteiger partial charge < -0.3 is 15.2 Å². The standard InChI is InChI=1S/C19H30FN5O2/c1-5-18(21-3)23-19-17(27-19)9-10-24(4)16-13-14(20)7-8-15(16)25(11-12-26)22-6-2/h5-8,16-17,19,23,26H,3,9-13H2,1-2,4H3/b18-5+,22-6-/t16?,17-,19?/m1/s1. The number of nitrogens with one attached hydrogen (secondary N) is 1. The molecule has 8 heteroatoms. The van der Waals surface area contributed by atoms with E-state index in [0.717, 1.165) is 18.7 Å². The highest BCUT2D eigenvalue weighted by atomic mass is 19.1. The van der Waals surface area contributed by atoms with Gasteiger partial charge in [0.15, 0.2) is 6.23 Å². The van der Waals surface area contributed by atoms with E-state index in [0.29, 0.717) is 18.8 Å². The average Bonchev–Trinajstić information content (AvgIpc) is 3.42. The van der Waals surface area contributed by atoms with Crippen molar-refractivity contribution in [2.45, 2.75) is 45.1 Å². The number of rotatable bonds is 11. The SMILES string of the molecule is C=N/C(=C\C)NC1O[C@@H]1CCN(C)C1CC(F)=CC=C1N(CCO)/N=C\C. The summed E-state index contributed by atoms with van der Waals surface area (Å²) in [4.78, 5) is 5.98. The van der Waals surface area contributed by atoms with Crippen LogP contribution in [-0.4, -0.2) is 73.1 Å². The smallest absolute Gasteiger partial charge is 0.156 e. The molecule has 0 spiro atoms. The first kappa shape index (κ1) is 21.3. The number of ether oxygens (including phenoxy) is 1. The molecule has 150 valence electrons. The lowest BCUT2D eigenvalue weighted by Crippen LogP contribution is -2.41. The van der Waals surface area contributed by atoms with E-state index in [1.54, 1.807) is 17.3 Å². The van der Waals surface area contributed by atoms with E-state index in [-0.39, 0.29) is 30.8 Å². The molecule has 2 N–H and O–H groups in total. The number of aliphatic imine (C=N–C) groups is 1. The summed E-state index contributed by atoms with van der Waals surface area (Å²) in [6, 6.07) is -0.142. The number of likely N-dealkylation sites (N-methyl/N-ethyl adjacent to an activating group) is 1. The van der Waals surface area contributed by atoms with Gasteiger partial charge in [-0.3, -0.25) is 9.91 Å². The van der Waals surface area contributed by atoms with Crippen LogP contribution in [0.5, 0.6) is 0 Å². The Morgan fingerprint density at radius 1 is 1.44 bits per heavy atom. The van der Waals surface area contributed by atoms with E-state index < -0.39 is 0 Å². The molecular formula is C19H30FN5O2. The molecule has 1 saturated heterocycles. The molecule has 0 aromatic rings. The summed E-state index contributed by atoms with van der Waals surface area (Å²) in [7, 11) is 1.97. The molecule has 1 aliphatic heterocycles. The minimum absolute atomic E-state index is 0.0226. The van der Waals surface area contributed by atoms with E-state index in [1.807, 2.05) is 27.0 Å². The van der Waals surface area contributed by atoms with Crippen molar-refractivity contribution in [3.05, 3.63) is 35.6 Å². The van der Waals surface area contributed by atoms with Gasteiger partial charge in [-0.2, -0.15) is 5.10 Å². The van der Waals surface area contributed by atoms with Crippen LogP contribution in [0.3, 0.4) is 0 Å². The molecule has 1 aliphatic carbocycles. The molecule has 2 unspecified atom stereocenters. The Morgan fingerprint density at radius 3 is 2.85 bits per heavy atom. The van der Waals surface area contributed by atoms with Gasteiger partial charge in [-0.1, -0.05) is 0 Å². The molecule has 2 rings (SSSR count). The molecule has 0 saturated carbocycles. The second-order valence-corrected chi connectivity index (χ2v) is 6.49. The zero-order valence-corrected chi connectivity index (χ0v) is 16.3. The number of allylic oxidation sites excluding steroid dienone is 3. The van der Waals surface area contributed by atoms with Gasteiger partial charge in [0, 0.05) is 19.2 Å². The van der Waals surface area contributed by atoms with Crippen molar-refractivity contribution < 1.29 is 14.2 Å². The van der Waals surface area contributed by atoms with Crippen molar-refractivity contribution in [2.75, 3.05) is 26.7 Å². The Balaban J connectivity index is 1.94. The number of aliphatic hydroxyl groups excluding tert-OH is 1. The number of hydrazone groups is 1. The van der Waals surface area contributed by atoms with E-state index in [9.17, 15) is 9.50 Å². The number of nitrogens with zero attached hydrogens (tertiary/aromatic N) is 4. The van der Waals surface area contributed by atoms with Gasteiger partial charge in [0.25, 0.3) is 0 Å². The minimum Gasteiger partial charge on any atom is -0.394 e. The summed E-state index contributed by atoms with van der Waals surface area (Å²) in [5.41, 5.74) is 0.879. The van der Waals surface area contributed by atoms with Gasteiger partial charge in [-0.15, -0.1) is 0 Å². The summed E-state index contributed by atoms with van der Waals surface area (Å²) in [5.74, 6) is 0.551.